The molecule has 0 radical (unpaired) electrons. The van der Waals surface area contributed by atoms with Crippen molar-refractivity contribution in [3.63, 3.8) is 0 Å². The van der Waals surface area contributed by atoms with E-state index < -0.39 is 5.97 Å². The zero-order valence-corrected chi connectivity index (χ0v) is 15.9. The van der Waals surface area contributed by atoms with Crippen molar-refractivity contribution in [2.45, 2.75) is 26.7 Å². The number of fused-ring (bicyclic) bond motifs is 1. The molecule has 5 nitrogen and oxygen atoms in total. The second-order valence-electron chi connectivity index (χ2n) is 6.98. The van der Waals surface area contributed by atoms with Gasteiger partial charge in [-0.1, -0.05) is 42.5 Å². The van der Waals surface area contributed by atoms with Gasteiger partial charge in [0, 0.05) is 23.7 Å². The Bertz CT molecular complexity index is 1160. The molecule has 5 heteroatoms. The first-order valence-corrected chi connectivity index (χ1v) is 9.24. The second kappa shape index (κ2) is 7.27. The average Bonchev–Trinajstić information content (AvgIpc) is 3.12. The van der Waals surface area contributed by atoms with Crippen molar-refractivity contribution in [2.24, 2.45) is 0 Å². The van der Waals surface area contributed by atoms with Crippen molar-refractivity contribution in [2.75, 3.05) is 0 Å². The highest BCUT2D eigenvalue weighted by Crippen LogP contribution is 2.27. The number of aliphatic carboxylic acids is 1. The zero-order valence-electron chi connectivity index (χ0n) is 15.9. The molecule has 0 spiro atoms. The fourth-order valence-corrected chi connectivity index (χ4v) is 3.36. The Morgan fingerprint density at radius 3 is 2.57 bits per heavy atom. The SMILES string of the molecule is Cc1cccc(-c2cn3c(-c4ccc(CCC(=O)O)cc4)cnc3cn2)c1C. The van der Waals surface area contributed by atoms with Gasteiger partial charge in [0.15, 0.2) is 5.65 Å². The van der Waals surface area contributed by atoms with Crippen LogP contribution in [0.2, 0.25) is 0 Å². The molecule has 4 rings (SSSR count). The molecule has 2 aromatic carbocycles. The van der Waals surface area contributed by atoms with Gasteiger partial charge in [0.1, 0.15) is 0 Å². The third-order valence-corrected chi connectivity index (χ3v) is 5.15. The van der Waals surface area contributed by atoms with E-state index in [1.165, 1.54) is 11.1 Å². The summed E-state index contributed by atoms with van der Waals surface area (Å²) in [5.74, 6) is -0.780. The van der Waals surface area contributed by atoms with Crippen molar-refractivity contribution in [3.8, 4) is 22.5 Å². The van der Waals surface area contributed by atoms with Gasteiger partial charge in [-0.3, -0.25) is 14.2 Å². The minimum absolute atomic E-state index is 0.139. The van der Waals surface area contributed by atoms with Crippen LogP contribution in [0.3, 0.4) is 0 Å². The van der Waals surface area contributed by atoms with Gasteiger partial charge in [-0.05, 0) is 37.0 Å². The summed E-state index contributed by atoms with van der Waals surface area (Å²) in [5.41, 5.74) is 8.30. The van der Waals surface area contributed by atoms with Crippen LogP contribution >= 0.6 is 0 Å². The molecule has 0 saturated carbocycles. The first-order valence-electron chi connectivity index (χ1n) is 9.24. The summed E-state index contributed by atoms with van der Waals surface area (Å²) in [6.07, 6.45) is 6.33. The van der Waals surface area contributed by atoms with Crippen molar-refractivity contribution in [1.29, 1.82) is 0 Å². The summed E-state index contributed by atoms with van der Waals surface area (Å²) in [5, 5.41) is 8.84. The fourth-order valence-electron chi connectivity index (χ4n) is 3.36. The van der Waals surface area contributed by atoms with E-state index in [2.05, 4.69) is 40.3 Å². The molecule has 0 aliphatic rings. The van der Waals surface area contributed by atoms with E-state index in [0.29, 0.717) is 6.42 Å². The first kappa shape index (κ1) is 17.9. The van der Waals surface area contributed by atoms with Crippen molar-refractivity contribution < 1.29 is 9.90 Å². The lowest BCUT2D eigenvalue weighted by Gasteiger charge is -2.09. The van der Waals surface area contributed by atoms with E-state index >= 15 is 0 Å². The smallest absolute Gasteiger partial charge is 0.303 e. The summed E-state index contributed by atoms with van der Waals surface area (Å²) in [6.45, 7) is 4.22. The Morgan fingerprint density at radius 1 is 1.04 bits per heavy atom. The number of nitrogens with zero attached hydrogens (tertiary/aromatic N) is 3. The minimum Gasteiger partial charge on any atom is -0.481 e. The summed E-state index contributed by atoms with van der Waals surface area (Å²) in [6, 6.07) is 14.2. The lowest BCUT2D eigenvalue weighted by molar-refractivity contribution is -0.136. The van der Waals surface area contributed by atoms with E-state index in [-0.39, 0.29) is 6.42 Å². The molecule has 28 heavy (non-hydrogen) atoms. The molecule has 1 N–H and O–H groups in total. The first-order chi connectivity index (χ1) is 13.5. The van der Waals surface area contributed by atoms with Gasteiger partial charge in [0.05, 0.1) is 23.8 Å². The van der Waals surface area contributed by atoms with Crippen LogP contribution < -0.4 is 0 Å². The van der Waals surface area contributed by atoms with E-state index in [4.69, 9.17) is 5.11 Å². The van der Waals surface area contributed by atoms with Crippen LogP contribution in [-0.2, 0) is 11.2 Å². The molecule has 0 saturated heterocycles. The van der Waals surface area contributed by atoms with Gasteiger partial charge in [-0.15, -0.1) is 0 Å². The van der Waals surface area contributed by atoms with E-state index in [1.807, 2.05) is 42.7 Å². The predicted octanol–water partition coefficient (Wildman–Crippen LogP) is 4.70. The topological polar surface area (TPSA) is 67.5 Å². The van der Waals surface area contributed by atoms with Crippen molar-refractivity contribution in [3.05, 3.63) is 77.7 Å². The standard InChI is InChI=1S/C23H21N3O2/c1-15-4-3-5-19(16(15)2)20-14-26-21(12-25-22(26)13-24-20)18-9-6-17(7-10-18)8-11-23(27)28/h3-7,9-10,12-14H,8,11H2,1-2H3,(H,27,28). The molecule has 140 valence electrons. The Morgan fingerprint density at radius 2 is 1.82 bits per heavy atom. The molecule has 0 aliphatic carbocycles. The normalized spacial score (nSPS) is 11.1. The van der Waals surface area contributed by atoms with Crippen LogP contribution in [0.25, 0.3) is 28.2 Å². The summed E-state index contributed by atoms with van der Waals surface area (Å²) in [7, 11) is 0. The summed E-state index contributed by atoms with van der Waals surface area (Å²) < 4.78 is 2.05. The summed E-state index contributed by atoms with van der Waals surface area (Å²) >= 11 is 0. The van der Waals surface area contributed by atoms with E-state index in [0.717, 1.165) is 33.7 Å². The quantitative estimate of drug-likeness (QED) is 0.552. The molecule has 2 aromatic heterocycles. The maximum Gasteiger partial charge on any atom is 0.303 e. The number of carbonyl (C=O) groups is 1. The Labute approximate surface area is 163 Å². The van der Waals surface area contributed by atoms with Crippen LogP contribution in [0.4, 0.5) is 0 Å². The highest BCUT2D eigenvalue weighted by molar-refractivity contribution is 5.69. The van der Waals surface area contributed by atoms with E-state index in [9.17, 15) is 4.79 Å². The number of imidazole rings is 1. The van der Waals surface area contributed by atoms with Crippen LogP contribution in [-0.4, -0.2) is 25.4 Å². The molecule has 0 atom stereocenters. The van der Waals surface area contributed by atoms with Crippen LogP contribution in [0.1, 0.15) is 23.1 Å². The lowest BCUT2D eigenvalue weighted by Crippen LogP contribution is -1.97. The minimum atomic E-state index is -0.780. The molecular weight excluding hydrogens is 350 g/mol. The Hall–Kier alpha value is -3.47. The molecule has 0 fully saturated rings. The van der Waals surface area contributed by atoms with Crippen molar-refractivity contribution >= 4 is 11.6 Å². The summed E-state index contributed by atoms with van der Waals surface area (Å²) in [4.78, 5) is 19.8. The number of carboxylic acid groups (broad SMARTS) is 1. The van der Waals surface area contributed by atoms with Crippen LogP contribution in [0.5, 0.6) is 0 Å². The number of aromatic nitrogens is 3. The number of benzene rings is 2. The third kappa shape index (κ3) is 3.39. The average molecular weight is 371 g/mol. The second-order valence-corrected chi connectivity index (χ2v) is 6.98. The highest BCUT2D eigenvalue weighted by atomic mass is 16.4. The fraction of sp³-hybridized carbons (Fsp3) is 0.174. The maximum atomic E-state index is 10.7. The monoisotopic (exact) mass is 371 g/mol. The highest BCUT2D eigenvalue weighted by Gasteiger charge is 2.11. The number of aryl methyl sites for hydroxylation is 2. The number of hydrogen-bond donors (Lipinski definition) is 1. The molecule has 4 aromatic rings. The third-order valence-electron chi connectivity index (χ3n) is 5.15. The Balaban J connectivity index is 1.72. The van der Waals surface area contributed by atoms with Gasteiger partial charge in [0.2, 0.25) is 0 Å². The molecule has 0 amide bonds. The van der Waals surface area contributed by atoms with Gasteiger partial charge in [-0.2, -0.15) is 0 Å². The lowest BCUT2D eigenvalue weighted by atomic mass is 10.0. The maximum absolute atomic E-state index is 10.7. The van der Waals surface area contributed by atoms with Gasteiger partial charge in [-0.25, -0.2) is 4.98 Å². The molecule has 0 aliphatic heterocycles. The van der Waals surface area contributed by atoms with Gasteiger partial charge < -0.3 is 5.11 Å². The van der Waals surface area contributed by atoms with E-state index in [1.54, 1.807) is 6.20 Å². The molecule has 0 unspecified atom stereocenters. The van der Waals surface area contributed by atoms with Gasteiger partial charge in [0.25, 0.3) is 0 Å². The number of carboxylic acids is 1. The van der Waals surface area contributed by atoms with Crippen LogP contribution in [0, 0.1) is 13.8 Å². The largest absolute Gasteiger partial charge is 0.481 e. The molecule has 0 bridgehead atoms. The van der Waals surface area contributed by atoms with Gasteiger partial charge >= 0.3 is 5.97 Å². The number of rotatable bonds is 5. The predicted molar refractivity (Wildman–Crippen MR) is 109 cm³/mol. The van der Waals surface area contributed by atoms with Crippen LogP contribution in [0.15, 0.2) is 61.1 Å². The number of hydrogen-bond acceptors (Lipinski definition) is 3. The Kier molecular flexibility index (Phi) is 4.65. The molecule has 2 heterocycles. The molecular formula is C23H21N3O2. The van der Waals surface area contributed by atoms with Crippen molar-refractivity contribution in [1.82, 2.24) is 14.4 Å². The zero-order chi connectivity index (χ0) is 19.7.